The van der Waals surface area contributed by atoms with Crippen LogP contribution in [0.3, 0.4) is 0 Å². The maximum atomic E-state index is 14.8. The fourth-order valence-electron chi connectivity index (χ4n) is 4.31. The summed E-state index contributed by atoms with van der Waals surface area (Å²) in [4.78, 5) is 19.9. The Labute approximate surface area is 212 Å². The molecule has 0 radical (unpaired) electrons. The number of nitrogens with one attached hydrogen (secondary N) is 1. The van der Waals surface area contributed by atoms with Gasteiger partial charge in [0.2, 0.25) is 5.95 Å². The van der Waals surface area contributed by atoms with Crippen LogP contribution in [0, 0.1) is 18.6 Å². The molecular formula is C24H20F5N7O2. The maximum absolute atomic E-state index is 14.8. The molecule has 0 spiro atoms. The van der Waals surface area contributed by atoms with Crippen molar-refractivity contribution in [2.45, 2.75) is 44.5 Å². The normalized spacial score (nSPS) is 17.5. The molecule has 1 N–H and O–H groups in total. The van der Waals surface area contributed by atoms with Gasteiger partial charge in [-0.2, -0.15) is 23.3 Å². The van der Waals surface area contributed by atoms with Crippen LogP contribution in [0.1, 0.15) is 36.0 Å². The van der Waals surface area contributed by atoms with Gasteiger partial charge in [-0.05, 0) is 49.2 Å². The summed E-state index contributed by atoms with van der Waals surface area (Å²) in [5.74, 6) is -2.97. The highest BCUT2D eigenvalue weighted by molar-refractivity contribution is 5.75. The first-order valence-corrected chi connectivity index (χ1v) is 11.5. The Bertz CT molecular complexity index is 1470. The molecule has 0 saturated heterocycles. The van der Waals surface area contributed by atoms with Gasteiger partial charge in [-0.3, -0.25) is 0 Å². The fourth-order valence-corrected chi connectivity index (χ4v) is 4.31. The zero-order valence-electron chi connectivity index (χ0n) is 19.8. The molecule has 2 aromatic heterocycles. The lowest BCUT2D eigenvalue weighted by Crippen LogP contribution is -2.31. The van der Waals surface area contributed by atoms with Crippen molar-refractivity contribution >= 4 is 17.6 Å². The Morgan fingerprint density at radius 3 is 2.55 bits per heavy atom. The van der Waals surface area contributed by atoms with Gasteiger partial charge in [0.15, 0.2) is 5.82 Å². The number of halogens is 5. The molecule has 0 unspecified atom stereocenters. The highest BCUT2D eigenvalue weighted by Crippen LogP contribution is 2.35. The number of benzene rings is 2. The second-order valence-corrected chi connectivity index (χ2v) is 8.68. The van der Waals surface area contributed by atoms with E-state index in [0.717, 1.165) is 0 Å². The van der Waals surface area contributed by atoms with Crippen LogP contribution in [0.5, 0.6) is 0 Å². The van der Waals surface area contributed by atoms with E-state index >= 15 is 0 Å². The molecule has 0 aliphatic carbocycles. The summed E-state index contributed by atoms with van der Waals surface area (Å²) in [6.07, 6.45) is -4.85. The number of fused-ring (bicyclic) bond motifs is 1. The van der Waals surface area contributed by atoms with Crippen LogP contribution < -0.4 is 5.32 Å². The predicted octanol–water partition coefficient (Wildman–Crippen LogP) is 4.59. The standard InChI is InChI=1S/C24H20F5N7O2/c1-13-30-12-31-36(13)20-7-6-16(10-19(20)26)32-23-33-21-18(14-2-4-15(25)5-3-14)11-17(8-9-35(21)34-23)38-22(37)24(27,28)29/h2-7,10,12,17-18H,8-9,11H2,1H3,(H,32,34)/t17-,18-/m1/s1. The minimum absolute atomic E-state index is 0.0217. The van der Waals surface area contributed by atoms with Gasteiger partial charge in [0.25, 0.3) is 0 Å². The summed E-state index contributed by atoms with van der Waals surface area (Å²) in [7, 11) is 0. The van der Waals surface area contributed by atoms with E-state index in [-0.39, 0.29) is 31.0 Å². The molecule has 14 heteroatoms. The molecular weight excluding hydrogens is 513 g/mol. The molecule has 5 rings (SSSR count). The van der Waals surface area contributed by atoms with Gasteiger partial charge in [-0.15, -0.1) is 5.10 Å². The largest absolute Gasteiger partial charge is 0.490 e. The zero-order chi connectivity index (χ0) is 27.0. The average Bonchev–Trinajstić information content (AvgIpc) is 3.42. The third kappa shape index (κ3) is 5.19. The molecule has 2 atom stereocenters. The Balaban J connectivity index is 1.42. The Hall–Kier alpha value is -4.36. The van der Waals surface area contributed by atoms with Crippen molar-refractivity contribution in [1.82, 2.24) is 29.5 Å². The molecule has 0 fully saturated rings. The van der Waals surface area contributed by atoms with Gasteiger partial charge in [0.1, 0.15) is 35.6 Å². The Kier molecular flexibility index (Phi) is 6.55. The number of carbonyl (C=O) groups is 1. The second kappa shape index (κ2) is 9.84. The molecule has 1 aliphatic rings. The van der Waals surface area contributed by atoms with Crippen molar-refractivity contribution < 1.29 is 31.5 Å². The highest BCUT2D eigenvalue weighted by atomic mass is 19.4. The van der Waals surface area contributed by atoms with E-state index in [1.807, 2.05) is 0 Å². The maximum Gasteiger partial charge on any atom is 0.490 e. The van der Waals surface area contributed by atoms with Crippen molar-refractivity contribution in [3.63, 3.8) is 0 Å². The Morgan fingerprint density at radius 2 is 1.89 bits per heavy atom. The summed E-state index contributed by atoms with van der Waals surface area (Å²) < 4.78 is 74.3. The van der Waals surface area contributed by atoms with Gasteiger partial charge in [-0.1, -0.05) is 12.1 Å². The van der Waals surface area contributed by atoms with E-state index in [0.29, 0.717) is 22.9 Å². The lowest BCUT2D eigenvalue weighted by Gasteiger charge is -2.20. The number of hydrogen-bond acceptors (Lipinski definition) is 7. The first-order chi connectivity index (χ1) is 18.1. The van der Waals surface area contributed by atoms with Gasteiger partial charge < -0.3 is 10.1 Å². The first-order valence-electron chi connectivity index (χ1n) is 11.5. The van der Waals surface area contributed by atoms with E-state index in [4.69, 9.17) is 4.74 Å². The molecule has 3 heterocycles. The lowest BCUT2D eigenvalue weighted by molar-refractivity contribution is -0.205. The Morgan fingerprint density at radius 1 is 1.13 bits per heavy atom. The van der Waals surface area contributed by atoms with Crippen molar-refractivity contribution in [2.24, 2.45) is 0 Å². The second-order valence-electron chi connectivity index (χ2n) is 8.68. The summed E-state index contributed by atoms with van der Waals surface area (Å²) in [6.45, 7) is 1.79. The highest BCUT2D eigenvalue weighted by Gasteiger charge is 2.43. The van der Waals surface area contributed by atoms with E-state index in [9.17, 15) is 26.7 Å². The summed E-state index contributed by atoms with van der Waals surface area (Å²) in [6, 6.07) is 9.78. The molecule has 38 heavy (non-hydrogen) atoms. The molecule has 4 aromatic rings. The van der Waals surface area contributed by atoms with E-state index in [2.05, 4.69) is 25.5 Å². The number of aromatic nitrogens is 6. The van der Waals surface area contributed by atoms with Crippen molar-refractivity contribution in [2.75, 3.05) is 5.32 Å². The number of esters is 1. The van der Waals surface area contributed by atoms with Crippen molar-refractivity contribution in [1.29, 1.82) is 0 Å². The van der Waals surface area contributed by atoms with Crippen LogP contribution in [-0.2, 0) is 16.1 Å². The van der Waals surface area contributed by atoms with Gasteiger partial charge in [0, 0.05) is 24.6 Å². The summed E-state index contributed by atoms with van der Waals surface area (Å²) >= 11 is 0. The predicted molar refractivity (Wildman–Crippen MR) is 123 cm³/mol. The third-order valence-electron chi connectivity index (χ3n) is 6.10. The summed E-state index contributed by atoms with van der Waals surface area (Å²) in [5, 5.41) is 11.3. The monoisotopic (exact) mass is 533 g/mol. The molecule has 1 aliphatic heterocycles. The smallest absolute Gasteiger partial charge is 0.456 e. The van der Waals surface area contributed by atoms with E-state index in [1.54, 1.807) is 13.0 Å². The SMILES string of the molecule is Cc1ncnn1-c1ccc(Nc2nc3n(n2)CC[C@@H](OC(=O)C(F)(F)F)C[C@@H]3c2ccc(F)cc2)cc1F. The van der Waals surface area contributed by atoms with Gasteiger partial charge in [-0.25, -0.2) is 27.9 Å². The molecule has 0 bridgehead atoms. The number of anilines is 2. The first kappa shape index (κ1) is 25.3. The van der Waals surface area contributed by atoms with Crippen LogP contribution in [0.2, 0.25) is 0 Å². The number of carbonyl (C=O) groups excluding carboxylic acids is 1. The van der Waals surface area contributed by atoms with Crippen LogP contribution in [-0.4, -0.2) is 47.8 Å². The van der Waals surface area contributed by atoms with Crippen LogP contribution in [0.25, 0.3) is 5.69 Å². The number of hydrogen-bond donors (Lipinski definition) is 1. The topological polar surface area (TPSA) is 99.8 Å². The zero-order valence-corrected chi connectivity index (χ0v) is 19.8. The molecule has 9 nitrogen and oxygen atoms in total. The van der Waals surface area contributed by atoms with Crippen molar-refractivity contribution in [3.8, 4) is 5.69 Å². The molecule has 0 amide bonds. The van der Waals surface area contributed by atoms with Crippen LogP contribution >= 0.6 is 0 Å². The van der Waals surface area contributed by atoms with Crippen LogP contribution in [0.15, 0.2) is 48.8 Å². The third-order valence-corrected chi connectivity index (χ3v) is 6.10. The van der Waals surface area contributed by atoms with E-state index in [1.165, 1.54) is 52.1 Å². The molecule has 198 valence electrons. The van der Waals surface area contributed by atoms with Crippen molar-refractivity contribution in [3.05, 3.63) is 77.6 Å². The number of rotatable bonds is 5. The van der Waals surface area contributed by atoms with Gasteiger partial charge >= 0.3 is 12.1 Å². The number of ether oxygens (including phenoxy) is 1. The van der Waals surface area contributed by atoms with Gasteiger partial charge in [0.05, 0.1) is 0 Å². The molecule has 0 saturated carbocycles. The number of alkyl halides is 3. The van der Waals surface area contributed by atoms with Crippen LogP contribution in [0.4, 0.5) is 33.6 Å². The fraction of sp³-hybridized carbons (Fsp3) is 0.292. The average molecular weight is 533 g/mol. The number of aryl methyl sites for hydroxylation is 2. The number of nitrogens with zero attached hydrogens (tertiary/aromatic N) is 6. The molecule has 2 aromatic carbocycles. The lowest BCUT2D eigenvalue weighted by atomic mass is 9.92. The minimum atomic E-state index is -5.13. The van der Waals surface area contributed by atoms with E-state index < -0.39 is 35.8 Å². The minimum Gasteiger partial charge on any atom is -0.456 e. The quantitative estimate of drug-likeness (QED) is 0.296. The summed E-state index contributed by atoms with van der Waals surface area (Å²) in [5.41, 5.74) is 1.11.